The van der Waals surface area contributed by atoms with Crippen molar-refractivity contribution in [3.05, 3.63) is 30.5 Å². The molecule has 92 valence electrons. The highest BCUT2D eigenvalue weighted by atomic mass is 19.4. The molecule has 0 radical (unpaired) electrons. The maximum absolute atomic E-state index is 12.6. The van der Waals surface area contributed by atoms with Crippen molar-refractivity contribution < 1.29 is 17.9 Å². The van der Waals surface area contributed by atoms with Crippen LogP contribution in [-0.2, 0) is 0 Å². The van der Waals surface area contributed by atoms with Gasteiger partial charge in [0.05, 0.1) is 11.7 Å². The first kappa shape index (κ1) is 11.0. The molecule has 1 aromatic heterocycles. The normalized spacial score (nSPS) is 18.5. The van der Waals surface area contributed by atoms with Crippen molar-refractivity contribution in [2.75, 3.05) is 0 Å². The van der Waals surface area contributed by atoms with Crippen LogP contribution in [0.2, 0.25) is 0 Å². The number of ether oxygens (including phenoxy) is 1. The SMILES string of the molecule is FC(F)(F)C1C=Nc2ccc3ncccc3c2O1. The van der Waals surface area contributed by atoms with E-state index in [1.165, 1.54) is 0 Å². The number of benzene rings is 1. The molecule has 18 heavy (non-hydrogen) atoms. The molecule has 0 aliphatic carbocycles. The lowest BCUT2D eigenvalue weighted by Gasteiger charge is -2.23. The number of nitrogens with zero attached hydrogens (tertiary/aromatic N) is 2. The molecule has 0 spiro atoms. The van der Waals surface area contributed by atoms with Crippen LogP contribution in [0.15, 0.2) is 35.5 Å². The van der Waals surface area contributed by atoms with E-state index < -0.39 is 12.3 Å². The second-order valence-electron chi connectivity index (χ2n) is 3.84. The maximum atomic E-state index is 12.6. The minimum Gasteiger partial charge on any atom is -0.472 e. The van der Waals surface area contributed by atoms with Crippen LogP contribution < -0.4 is 4.74 Å². The minimum atomic E-state index is -4.47. The molecule has 0 fully saturated rings. The third kappa shape index (κ3) is 1.70. The standard InChI is InChI=1S/C12H7F3N2O/c13-12(14,15)10-6-17-9-4-3-8-7(11(9)18-10)2-1-5-16-8/h1-6,10H. The number of rotatable bonds is 0. The van der Waals surface area contributed by atoms with Gasteiger partial charge in [-0.1, -0.05) is 0 Å². The van der Waals surface area contributed by atoms with Crippen molar-refractivity contribution >= 4 is 22.8 Å². The molecule has 0 bridgehead atoms. The van der Waals surface area contributed by atoms with E-state index in [1.807, 2.05) is 0 Å². The van der Waals surface area contributed by atoms with Gasteiger partial charge in [0.2, 0.25) is 6.10 Å². The lowest BCUT2D eigenvalue weighted by Crippen LogP contribution is -2.37. The summed E-state index contributed by atoms with van der Waals surface area (Å²) in [6.45, 7) is 0. The number of alkyl halides is 3. The van der Waals surface area contributed by atoms with Gasteiger partial charge in [-0.05, 0) is 24.3 Å². The molecule has 1 atom stereocenters. The van der Waals surface area contributed by atoms with E-state index in [4.69, 9.17) is 4.74 Å². The van der Waals surface area contributed by atoms with Gasteiger partial charge >= 0.3 is 6.18 Å². The van der Waals surface area contributed by atoms with Gasteiger partial charge in [0, 0.05) is 11.6 Å². The van der Waals surface area contributed by atoms with Gasteiger partial charge in [0.15, 0.2) is 5.75 Å². The maximum Gasteiger partial charge on any atom is 0.430 e. The fraction of sp³-hybridized carbons (Fsp3) is 0.167. The molecular weight excluding hydrogens is 245 g/mol. The van der Waals surface area contributed by atoms with Crippen LogP contribution >= 0.6 is 0 Å². The summed E-state index contributed by atoms with van der Waals surface area (Å²) in [6, 6.07) is 6.60. The molecule has 0 saturated carbocycles. The van der Waals surface area contributed by atoms with E-state index in [1.54, 1.807) is 30.5 Å². The van der Waals surface area contributed by atoms with Gasteiger partial charge in [0.25, 0.3) is 0 Å². The summed E-state index contributed by atoms with van der Waals surface area (Å²) in [6.07, 6.45) is -4.13. The summed E-state index contributed by atoms with van der Waals surface area (Å²) in [4.78, 5) is 7.86. The second kappa shape index (κ2) is 3.69. The molecule has 1 unspecified atom stereocenters. The van der Waals surface area contributed by atoms with E-state index >= 15 is 0 Å². The van der Waals surface area contributed by atoms with Crippen LogP contribution in [0.1, 0.15) is 0 Å². The summed E-state index contributed by atoms with van der Waals surface area (Å²) in [5.74, 6) is 0.130. The molecule has 3 nitrogen and oxygen atoms in total. The number of pyridine rings is 1. The van der Waals surface area contributed by atoms with E-state index in [9.17, 15) is 13.2 Å². The van der Waals surface area contributed by atoms with E-state index in [0.29, 0.717) is 16.6 Å². The minimum absolute atomic E-state index is 0.130. The van der Waals surface area contributed by atoms with Crippen molar-refractivity contribution in [3.8, 4) is 5.75 Å². The largest absolute Gasteiger partial charge is 0.472 e. The average Bonchev–Trinajstić information content (AvgIpc) is 2.37. The number of aliphatic imine (C=N–C) groups is 1. The molecule has 2 aromatic rings. The smallest absolute Gasteiger partial charge is 0.430 e. The highest BCUT2D eigenvalue weighted by Crippen LogP contribution is 2.39. The van der Waals surface area contributed by atoms with Crippen LogP contribution in [-0.4, -0.2) is 23.5 Å². The predicted octanol–water partition coefficient (Wildman–Crippen LogP) is 3.26. The highest BCUT2D eigenvalue weighted by Gasteiger charge is 2.42. The van der Waals surface area contributed by atoms with Crippen LogP contribution in [0.3, 0.4) is 0 Å². The number of aromatic nitrogens is 1. The molecule has 3 rings (SSSR count). The molecule has 0 saturated heterocycles. The van der Waals surface area contributed by atoms with Gasteiger partial charge in [-0.15, -0.1) is 0 Å². The first-order chi connectivity index (χ1) is 8.55. The number of hydrogen-bond acceptors (Lipinski definition) is 3. The monoisotopic (exact) mass is 252 g/mol. The van der Waals surface area contributed by atoms with Crippen molar-refractivity contribution in [2.24, 2.45) is 4.99 Å². The predicted molar refractivity (Wildman–Crippen MR) is 60.4 cm³/mol. The fourth-order valence-electron chi connectivity index (χ4n) is 1.80. The molecule has 1 aliphatic heterocycles. The van der Waals surface area contributed by atoms with Crippen LogP contribution in [0, 0.1) is 0 Å². The summed E-state index contributed by atoms with van der Waals surface area (Å²) in [7, 11) is 0. The molecule has 1 aliphatic rings. The Morgan fingerprint density at radius 1 is 1.17 bits per heavy atom. The van der Waals surface area contributed by atoms with Crippen LogP contribution in [0.5, 0.6) is 5.75 Å². The molecule has 0 amide bonds. The summed E-state index contributed by atoms with van der Waals surface area (Å²) in [5, 5.41) is 0.529. The summed E-state index contributed by atoms with van der Waals surface area (Å²) >= 11 is 0. The summed E-state index contributed by atoms with van der Waals surface area (Å²) < 4.78 is 42.8. The average molecular weight is 252 g/mol. The molecule has 6 heteroatoms. The van der Waals surface area contributed by atoms with Gasteiger partial charge < -0.3 is 4.74 Å². The Balaban J connectivity index is 2.16. The Bertz CT molecular complexity index is 637. The van der Waals surface area contributed by atoms with Crippen LogP contribution in [0.4, 0.5) is 18.9 Å². The third-order valence-corrected chi connectivity index (χ3v) is 2.63. The second-order valence-corrected chi connectivity index (χ2v) is 3.84. The van der Waals surface area contributed by atoms with Crippen molar-refractivity contribution in [1.29, 1.82) is 0 Å². The fourth-order valence-corrected chi connectivity index (χ4v) is 1.80. The Morgan fingerprint density at radius 2 is 2.00 bits per heavy atom. The summed E-state index contributed by atoms with van der Waals surface area (Å²) in [5.41, 5.74) is 0.963. The Kier molecular flexibility index (Phi) is 2.26. The van der Waals surface area contributed by atoms with Crippen molar-refractivity contribution in [1.82, 2.24) is 4.98 Å². The van der Waals surface area contributed by atoms with Gasteiger partial charge in [0.1, 0.15) is 5.69 Å². The number of halogens is 3. The quantitative estimate of drug-likeness (QED) is 0.721. The lowest BCUT2D eigenvalue weighted by atomic mass is 10.1. The lowest BCUT2D eigenvalue weighted by molar-refractivity contribution is -0.172. The highest BCUT2D eigenvalue weighted by molar-refractivity contribution is 5.92. The Labute approximate surface area is 99.9 Å². The molecular formula is C12H7F3N2O. The zero-order chi connectivity index (χ0) is 12.8. The number of hydrogen-bond donors (Lipinski definition) is 0. The first-order valence-corrected chi connectivity index (χ1v) is 5.21. The van der Waals surface area contributed by atoms with Gasteiger partial charge in [-0.2, -0.15) is 13.2 Å². The van der Waals surface area contributed by atoms with Crippen molar-refractivity contribution in [2.45, 2.75) is 12.3 Å². The van der Waals surface area contributed by atoms with E-state index in [-0.39, 0.29) is 5.75 Å². The van der Waals surface area contributed by atoms with E-state index in [0.717, 1.165) is 6.21 Å². The first-order valence-electron chi connectivity index (χ1n) is 5.21. The van der Waals surface area contributed by atoms with Crippen molar-refractivity contribution in [3.63, 3.8) is 0 Å². The van der Waals surface area contributed by atoms with E-state index in [2.05, 4.69) is 9.98 Å². The van der Waals surface area contributed by atoms with Gasteiger partial charge in [-0.25, -0.2) is 0 Å². The van der Waals surface area contributed by atoms with Gasteiger partial charge in [-0.3, -0.25) is 9.98 Å². The number of fused-ring (bicyclic) bond motifs is 3. The zero-order valence-corrected chi connectivity index (χ0v) is 8.98. The third-order valence-electron chi connectivity index (χ3n) is 2.63. The molecule has 2 heterocycles. The molecule has 0 N–H and O–H groups in total. The Morgan fingerprint density at radius 3 is 2.78 bits per heavy atom. The van der Waals surface area contributed by atoms with Crippen LogP contribution in [0.25, 0.3) is 10.9 Å². The Hall–Kier alpha value is -2.11. The topological polar surface area (TPSA) is 34.5 Å². The zero-order valence-electron chi connectivity index (χ0n) is 8.98. The molecule has 1 aromatic carbocycles.